The van der Waals surface area contributed by atoms with E-state index < -0.39 is 20.2 Å². The van der Waals surface area contributed by atoms with E-state index >= 15 is 0 Å². The fourth-order valence-corrected chi connectivity index (χ4v) is 2.49. The number of benzene rings is 2. The lowest BCUT2D eigenvalue weighted by molar-refractivity contribution is 0.461. The maximum Gasteiger partial charge on any atom is 0.124 e. The van der Waals surface area contributed by atoms with Gasteiger partial charge in [-0.3, -0.25) is 0 Å². The van der Waals surface area contributed by atoms with Gasteiger partial charge in [0.25, 0.3) is 0 Å². The second-order valence-electron chi connectivity index (χ2n) is 4.21. The third-order valence-corrected chi connectivity index (χ3v) is 4.34. The van der Waals surface area contributed by atoms with Crippen molar-refractivity contribution in [2.24, 2.45) is 0 Å². The highest BCUT2D eigenvalue weighted by molar-refractivity contribution is 7.86. The van der Waals surface area contributed by atoms with E-state index in [0.717, 1.165) is 24.3 Å². The Labute approximate surface area is 127 Å². The lowest BCUT2D eigenvalue weighted by Gasteiger charge is -2.06. The van der Waals surface area contributed by atoms with Crippen molar-refractivity contribution in [1.29, 1.82) is 0 Å². The van der Waals surface area contributed by atoms with Crippen LogP contribution >= 0.6 is 0 Å². The molecular formula is C14H8O6S2-2. The molecule has 0 unspecified atom stereocenters. The van der Waals surface area contributed by atoms with Crippen LogP contribution in [0.15, 0.2) is 58.3 Å². The summed E-state index contributed by atoms with van der Waals surface area (Å²) < 4.78 is 64.6. The van der Waals surface area contributed by atoms with Crippen LogP contribution in [-0.4, -0.2) is 25.9 Å². The van der Waals surface area contributed by atoms with Crippen molar-refractivity contribution in [3.63, 3.8) is 0 Å². The lowest BCUT2D eigenvalue weighted by Crippen LogP contribution is -1.98. The van der Waals surface area contributed by atoms with Gasteiger partial charge in [-0.2, -0.15) is 0 Å². The zero-order chi connectivity index (χ0) is 16.4. The van der Waals surface area contributed by atoms with Crippen LogP contribution in [0.3, 0.4) is 0 Å². The van der Waals surface area contributed by atoms with E-state index in [-0.39, 0.29) is 9.79 Å². The van der Waals surface area contributed by atoms with Gasteiger partial charge >= 0.3 is 0 Å². The highest BCUT2D eigenvalue weighted by Crippen LogP contribution is 2.11. The van der Waals surface area contributed by atoms with Gasteiger partial charge in [-0.1, -0.05) is 11.8 Å². The Morgan fingerprint density at radius 1 is 0.591 bits per heavy atom. The molecule has 2 aromatic carbocycles. The Kier molecular flexibility index (Phi) is 4.35. The summed E-state index contributed by atoms with van der Waals surface area (Å²) in [4.78, 5) is -0.689. The maximum absolute atomic E-state index is 10.8. The Bertz CT molecular complexity index is 865. The number of hydrogen-bond donors (Lipinski definition) is 0. The molecule has 0 radical (unpaired) electrons. The van der Waals surface area contributed by atoms with Crippen LogP contribution in [0.25, 0.3) is 0 Å². The van der Waals surface area contributed by atoms with Crippen molar-refractivity contribution in [3.8, 4) is 11.8 Å². The first-order valence-corrected chi connectivity index (χ1v) is 8.62. The molecule has 0 aliphatic carbocycles. The van der Waals surface area contributed by atoms with Gasteiger partial charge in [-0.15, -0.1) is 0 Å². The molecule has 0 bridgehead atoms. The van der Waals surface area contributed by atoms with Crippen LogP contribution in [0.4, 0.5) is 0 Å². The fourth-order valence-electron chi connectivity index (χ4n) is 1.55. The van der Waals surface area contributed by atoms with E-state index in [9.17, 15) is 25.9 Å². The van der Waals surface area contributed by atoms with E-state index in [0.29, 0.717) is 11.1 Å². The van der Waals surface area contributed by atoms with Gasteiger partial charge < -0.3 is 9.11 Å². The van der Waals surface area contributed by atoms with E-state index in [1.165, 1.54) is 24.3 Å². The Morgan fingerprint density at radius 2 is 0.864 bits per heavy atom. The Hall–Kier alpha value is -2.18. The second-order valence-corrected chi connectivity index (χ2v) is 6.97. The molecule has 2 aromatic rings. The monoisotopic (exact) mass is 336 g/mol. The molecule has 0 saturated carbocycles. The molecule has 8 heteroatoms. The van der Waals surface area contributed by atoms with Crippen molar-refractivity contribution < 1.29 is 25.9 Å². The van der Waals surface area contributed by atoms with Gasteiger partial charge in [0.15, 0.2) is 0 Å². The normalized spacial score (nSPS) is 11.5. The molecule has 6 nitrogen and oxygen atoms in total. The highest BCUT2D eigenvalue weighted by Gasteiger charge is 2.00. The second kappa shape index (κ2) is 5.90. The minimum Gasteiger partial charge on any atom is -0.744 e. The van der Waals surface area contributed by atoms with Crippen LogP contribution in [0, 0.1) is 11.8 Å². The molecule has 22 heavy (non-hydrogen) atoms. The van der Waals surface area contributed by atoms with Crippen LogP contribution in [-0.2, 0) is 20.2 Å². The third kappa shape index (κ3) is 4.16. The quantitative estimate of drug-likeness (QED) is 0.594. The highest BCUT2D eigenvalue weighted by atomic mass is 32.2. The molecule has 0 N–H and O–H groups in total. The summed E-state index contributed by atoms with van der Waals surface area (Å²) >= 11 is 0. The predicted molar refractivity (Wildman–Crippen MR) is 74.8 cm³/mol. The van der Waals surface area contributed by atoms with Gasteiger partial charge in [0, 0.05) is 11.1 Å². The molecule has 114 valence electrons. The first-order chi connectivity index (χ1) is 10.2. The van der Waals surface area contributed by atoms with E-state index in [4.69, 9.17) is 0 Å². The molecule has 0 aliphatic rings. The molecule has 0 atom stereocenters. The molecule has 0 aliphatic heterocycles. The van der Waals surface area contributed by atoms with E-state index in [1.807, 2.05) is 0 Å². The fraction of sp³-hybridized carbons (Fsp3) is 0. The zero-order valence-electron chi connectivity index (χ0n) is 10.9. The summed E-state index contributed by atoms with van der Waals surface area (Å²) in [5.74, 6) is 5.45. The van der Waals surface area contributed by atoms with Crippen molar-refractivity contribution in [2.75, 3.05) is 0 Å². The topological polar surface area (TPSA) is 114 Å². The summed E-state index contributed by atoms with van der Waals surface area (Å²) in [5, 5.41) is 0. The van der Waals surface area contributed by atoms with Crippen LogP contribution in [0.5, 0.6) is 0 Å². The zero-order valence-corrected chi connectivity index (χ0v) is 12.5. The predicted octanol–water partition coefficient (Wildman–Crippen LogP) is 0.895. The smallest absolute Gasteiger partial charge is 0.124 e. The van der Waals surface area contributed by atoms with Crippen LogP contribution in [0.2, 0.25) is 0 Å². The van der Waals surface area contributed by atoms with Gasteiger partial charge in [-0.25, -0.2) is 16.8 Å². The maximum atomic E-state index is 10.8. The largest absolute Gasteiger partial charge is 0.744 e. The van der Waals surface area contributed by atoms with Crippen molar-refractivity contribution in [1.82, 2.24) is 0 Å². The Morgan fingerprint density at radius 3 is 1.09 bits per heavy atom. The minimum atomic E-state index is -4.49. The first kappa shape index (κ1) is 16.2. The summed E-state index contributed by atoms with van der Waals surface area (Å²) in [6.07, 6.45) is 0. The molecule has 2 rings (SSSR count). The minimum absolute atomic E-state index is 0.344. The van der Waals surface area contributed by atoms with Gasteiger partial charge in [-0.05, 0) is 48.5 Å². The number of rotatable bonds is 2. The van der Waals surface area contributed by atoms with Crippen LogP contribution < -0.4 is 0 Å². The summed E-state index contributed by atoms with van der Waals surface area (Å²) in [7, 11) is -8.98. The van der Waals surface area contributed by atoms with Crippen molar-refractivity contribution >= 4 is 20.2 Å². The average Bonchev–Trinajstić information content (AvgIpc) is 2.44. The van der Waals surface area contributed by atoms with Gasteiger partial charge in [0.1, 0.15) is 20.2 Å². The summed E-state index contributed by atoms with van der Waals surface area (Å²) in [6, 6.07) is 10.1. The lowest BCUT2D eigenvalue weighted by atomic mass is 10.2. The molecule has 0 fully saturated rings. The average molecular weight is 336 g/mol. The molecule has 0 saturated heterocycles. The van der Waals surface area contributed by atoms with Gasteiger partial charge in [0.2, 0.25) is 0 Å². The molecule has 0 amide bonds. The molecule has 0 heterocycles. The third-order valence-electron chi connectivity index (χ3n) is 2.64. The SMILES string of the molecule is O=S(=O)([O-])c1ccc(C#Cc2ccc(S(=O)(=O)[O-])cc2)cc1. The van der Waals surface area contributed by atoms with E-state index in [2.05, 4.69) is 11.8 Å². The molecule has 0 aromatic heterocycles. The van der Waals surface area contributed by atoms with Crippen molar-refractivity contribution in [2.45, 2.75) is 9.79 Å². The first-order valence-electron chi connectivity index (χ1n) is 5.80. The van der Waals surface area contributed by atoms with Gasteiger partial charge in [0.05, 0.1) is 9.79 Å². The van der Waals surface area contributed by atoms with E-state index in [1.54, 1.807) is 0 Å². The Balaban J connectivity index is 2.24. The molecule has 0 spiro atoms. The standard InChI is InChI=1S/C14H10O6S2/c15-21(16,17)13-7-3-11(4-8-13)1-2-12-5-9-14(10-6-12)22(18,19)20/h3-10H,(H,15,16,17)(H,18,19,20)/p-2. The summed E-state index contributed by atoms with van der Waals surface area (Å²) in [6.45, 7) is 0. The van der Waals surface area contributed by atoms with Crippen molar-refractivity contribution in [3.05, 3.63) is 59.7 Å². The number of hydrogen-bond acceptors (Lipinski definition) is 6. The van der Waals surface area contributed by atoms with Crippen LogP contribution in [0.1, 0.15) is 11.1 Å². The molecular weight excluding hydrogens is 328 g/mol. The summed E-state index contributed by atoms with van der Waals surface area (Å²) in [5.41, 5.74) is 0.959.